The van der Waals surface area contributed by atoms with Crippen LogP contribution in [-0.4, -0.2) is 17.8 Å². The fourth-order valence-electron chi connectivity index (χ4n) is 1.62. The fraction of sp³-hybridized carbons (Fsp3) is 0.0667. The molecule has 0 unspecified atom stereocenters. The number of hydrogen-bond donors (Lipinski definition) is 1. The molecule has 2 rings (SSSR count). The molecule has 0 saturated heterocycles. The van der Waals surface area contributed by atoms with Gasteiger partial charge in [-0.3, -0.25) is 10.2 Å². The van der Waals surface area contributed by atoms with E-state index < -0.39 is 0 Å². The van der Waals surface area contributed by atoms with Crippen LogP contribution in [0.3, 0.4) is 0 Å². The van der Waals surface area contributed by atoms with Crippen LogP contribution in [0.1, 0.15) is 15.9 Å². The summed E-state index contributed by atoms with van der Waals surface area (Å²) in [4.78, 5) is 13.2. The number of carbonyl (C=O) groups is 1. The molecule has 0 amide bonds. The molecule has 2 aromatic carbocycles. The number of hydrogen-bond acceptors (Lipinski definition) is 3. The highest BCUT2D eigenvalue weighted by molar-refractivity contribution is 7.98. The highest BCUT2D eigenvalue weighted by Crippen LogP contribution is 2.16. The summed E-state index contributed by atoms with van der Waals surface area (Å²) in [6.45, 7) is 0. The second-order valence-electron chi connectivity index (χ2n) is 3.80. The normalized spacial score (nSPS) is 10.1. The Morgan fingerprint density at radius 2 is 1.56 bits per heavy atom. The summed E-state index contributed by atoms with van der Waals surface area (Å²) >= 11 is 1.63. The van der Waals surface area contributed by atoms with E-state index in [9.17, 15) is 4.79 Å². The minimum absolute atomic E-state index is 0.0347. The molecule has 0 aromatic heterocycles. The van der Waals surface area contributed by atoms with Crippen LogP contribution in [0, 0.1) is 5.41 Å². The summed E-state index contributed by atoms with van der Waals surface area (Å²) in [5.74, 6) is -0.242. The lowest BCUT2D eigenvalue weighted by Gasteiger charge is -2.04. The van der Waals surface area contributed by atoms with Crippen LogP contribution in [0.5, 0.6) is 0 Å². The van der Waals surface area contributed by atoms with Crippen molar-refractivity contribution in [3.63, 3.8) is 0 Å². The number of Topliss-reactive ketones (excluding diaryl/α,β-unsaturated/α-hetero) is 1. The molecule has 18 heavy (non-hydrogen) atoms. The zero-order chi connectivity index (χ0) is 13.0. The van der Waals surface area contributed by atoms with Crippen molar-refractivity contribution in [1.29, 1.82) is 5.41 Å². The van der Waals surface area contributed by atoms with E-state index in [2.05, 4.69) is 0 Å². The largest absolute Gasteiger partial charge is 0.296 e. The van der Waals surface area contributed by atoms with Crippen molar-refractivity contribution in [2.75, 3.05) is 6.26 Å². The summed E-state index contributed by atoms with van der Waals surface area (Å²) in [6.07, 6.45) is 1.99. The molecule has 2 aromatic rings. The van der Waals surface area contributed by atoms with Gasteiger partial charge in [-0.25, -0.2) is 0 Å². The Morgan fingerprint density at radius 3 is 2.11 bits per heavy atom. The lowest BCUT2D eigenvalue weighted by Crippen LogP contribution is -2.14. The van der Waals surface area contributed by atoms with E-state index in [-0.39, 0.29) is 11.5 Å². The van der Waals surface area contributed by atoms with Crippen LogP contribution in [-0.2, 0) is 0 Å². The number of thioether (sulfide) groups is 1. The predicted molar refractivity (Wildman–Crippen MR) is 75.8 cm³/mol. The molecule has 0 spiro atoms. The molecule has 0 bridgehead atoms. The van der Waals surface area contributed by atoms with E-state index in [1.807, 2.05) is 36.6 Å². The van der Waals surface area contributed by atoms with Gasteiger partial charge in [-0.1, -0.05) is 30.3 Å². The van der Waals surface area contributed by atoms with E-state index in [0.717, 1.165) is 4.90 Å². The smallest absolute Gasteiger partial charge is 0.211 e. The molecule has 0 fully saturated rings. The van der Waals surface area contributed by atoms with Crippen molar-refractivity contribution in [3.05, 3.63) is 65.7 Å². The van der Waals surface area contributed by atoms with Crippen molar-refractivity contribution in [1.82, 2.24) is 0 Å². The molecular formula is C15H13NOS. The topological polar surface area (TPSA) is 40.9 Å². The van der Waals surface area contributed by atoms with Crippen molar-refractivity contribution in [3.8, 4) is 0 Å². The quantitative estimate of drug-likeness (QED) is 0.514. The molecule has 0 aliphatic heterocycles. The van der Waals surface area contributed by atoms with Gasteiger partial charge < -0.3 is 0 Å². The van der Waals surface area contributed by atoms with E-state index in [1.165, 1.54) is 0 Å². The Kier molecular flexibility index (Phi) is 3.95. The molecule has 0 aliphatic rings. The Hall–Kier alpha value is -1.87. The van der Waals surface area contributed by atoms with E-state index in [0.29, 0.717) is 11.1 Å². The van der Waals surface area contributed by atoms with Crippen molar-refractivity contribution >= 4 is 23.3 Å². The average molecular weight is 255 g/mol. The molecule has 2 nitrogen and oxygen atoms in total. The van der Waals surface area contributed by atoms with Gasteiger partial charge in [0.25, 0.3) is 0 Å². The summed E-state index contributed by atoms with van der Waals surface area (Å²) < 4.78 is 0. The third-order valence-corrected chi connectivity index (χ3v) is 3.39. The standard InChI is InChI=1S/C15H13NOS/c1-18-13-9-7-12(8-10-13)15(17)14(16)11-5-3-2-4-6-11/h2-10,16H,1H3. The second kappa shape index (κ2) is 5.65. The zero-order valence-electron chi connectivity index (χ0n) is 10.0. The molecule has 0 atom stereocenters. The molecule has 90 valence electrons. The van der Waals surface area contributed by atoms with Gasteiger partial charge in [0, 0.05) is 16.0 Å². The maximum absolute atomic E-state index is 12.1. The highest BCUT2D eigenvalue weighted by atomic mass is 32.2. The molecule has 3 heteroatoms. The lowest BCUT2D eigenvalue weighted by molar-refractivity contribution is 0.106. The van der Waals surface area contributed by atoms with Gasteiger partial charge in [0.2, 0.25) is 5.78 Å². The maximum Gasteiger partial charge on any atom is 0.211 e. The highest BCUT2D eigenvalue weighted by Gasteiger charge is 2.13. The summed E-state index contributed by atoms with van der Waals surface area (Å²) in [5.41, 5.74) is 1.24. The number of rotatable bonds is 4. The van der Waals surface area contributed by atoms with Crippen molar-refractivity contribution in [2.24, 2.45) is 0 Å². The number of carbonyl (C=O) groups excluding carboxylic acids is 1. The fourth-order valence-corrected chi connectivity index (χ4v) is 2.03. The maximum atomic E-state index is 12.1. The summed E-state index contributed by atoms with van der Waals surface area (Å²) in [5, 5.41) is 7.92. The van der Waals surface area contributed by atoms with E-state index in [1.54, 1.807) is 36.0 Å². The number of ketones is 1. The van der Waals surface area contributed by atoms with Gasteiger partial charge in [0.05, 0.1) is 0 Å². The Balaban J connectivity index is 2.23. The number of benzene rings is 2. The first kappa shape index (κ1) is 12.6. The van der Waals surface area contributed by atoms with Crippen molar-refractivity contribution in [2.45, 2.75) is 4.90 Å². The van der Waals surface area contributed by atoms with Gasteiger partial charge >= 0.3 is 0 Å². The Bertz CT molecular complexity index is 561. The Morgan fingerprint density at radius 1 is 0.944 bits per heavy atom. The first-order chi connectivity index (χ1) is 8.72. The van der Waals surface area contributed by atoms with Gasteiger partial charge in [-0.2, -0.15) is 0 Å². The van der Waals surface area contributed by atoms with E-state index >= 15 is 0 Å². The summed E-state index contributed by atoms with van der Waals surface area (Å²) in [7, 11) is 0. The minimum Gasteiger partial charge on any atom is -0.296 e. The molecule has 1 N–H and O–H groups in total. The minimum atomic E-state index is -0.242. The average Bonchev–Trinajstić information content (AvgIpc) is 2.47. The zero-order valence-corrected chi connectivity index (χ0v) is 10.8. The first-order valence-electron chi connectivity index (χ1n) is 5.55. The van der Waals surface area contributed by atoms with Crippen LogP contribution in [0.15, 0.2) is 59.5 Å². The SMILES string of the molecule is CSc1ccc(C(=O)C(=N)c2ccccc2)cc1. The van der Waals surface area contributed by atoms with Gasteiger partial charge in [0.1, 0.15) is 5.71 Å². The molecular weight excluding hydrogens is 242 g/mol. The van der Waals surface area contributed by atoms with Gasteiger partial charge in [-0.05, 0) is 30.5 Å². The second-order valence-corrected chi connectivity index (χ2v) is 4.68. The van der Waals surface area contributed by atoms with Crippen LogP contribution < -0.4 is 0 Å². The van der Waals surface area contributed by atoms with Gasteiger partial charge in [-0.15, -0.1) is 11.8 Å². The lowest BCUT2D eigenvalue weighted by atomic mass is 10.0. The first-order valence-corrected chi connectivity index (χ1v) is 6.77. The van der Waals surface area contributed by atoms with Crippen LogP contribution in [0.2, 0.25) is 0 Å². The van der Waals surface area contributed by atoms with Crippen LogP contribution >= 0.6 is 11.8 Å². The molecule has 0 saturated carbocycles. The third-order valence-electron chi connectivity index (χ3n) is 2.64. The molecule has 0 radical (unpaired) electrons. The van der Waals surface area contributed by atoms with Gasteiger partial charge in [0.15, 0.2) is 0 Å². The monoisotopic (exact) mass is 255 g/mol. The van der Waals surface area contributed by atoms with E-state index in [4.69, 9.17) is 5.41 Å². The number of nitrogens with one attached hydrogen (secondary N) is 1. The predicted octanol–water partition coefficient (Wildman–Crippen LogP) is 3.66. The van der Waals surface area contributed by atoms with Crippen LogP contribution in [0.4, 0.5) is 0 Å². The molecule has 0 heterocycles. The molecule has 0 aliphatic carbocycles. The summed E-state index contributed by atoms with van der Waals surface area (Å²) in [6, 6.07) is 16.4. The third kappa shape index (κ3) is 2.68. The Labute approximate surface area is 111 Å². The van der Waals surface area contributed by atoms with Crippen LogP contribution in [0.25, 0.3) is 0 Å². The van der Waals surface area contributed by atoms with Crippen molar-refractivity contribution < 1.29 is 4.79 Å².